The average molecular weight is 283 g/mol. The second-order valence-corrected chi connectivity index (χ2v) is 3.92. The molecule has 0 aliphatic carbocycles. The van der Waals surface area contributed by atoms with Crippen molar-refractivity contribution in [3.05, 3.63) is 22.5 Å². The lowest BCUT2D eigenvalue weighted by Gasteiger charge is -2.03. The zero-order valence-corrected chi connectivity index (χ0v) is 11.9. The Labute approximate surface area is 116 Å². The third-order valence-electron chi connectivity index (χ3n) is 2.56. The van der Waals surface area contributed by atoms with E-state index in [9.17, 15) is 14.4 Å². The van der Waals surface area contributed by atoms with E-state index in [4.69, 9.17) is 4.74 Å². The maximum atomic E-state index is 11.9. The Bertz CT molecular complexity index is 531. The van der Waals surface area contributed by atoms with Crippen LogP contribution in [0.15, 0.2) is 0 Å². The summed E-state index contributed by atoms with van der Waals surface area (Å²) in [5, 5.41) is 0. The van der Waals surface area contributed by atoms with Gasteiger partial charge in [-0.3, -0.25) is 0 Å². The zero-order chi connectivity index (χ0) is 15.3. The molecule has 0 saturated carbocycles. The molecule has 110 valence electrons. The summed E-state index contributed by atoms with van der Waals surface area (Å²) in [4.78, 5) is 37.4. The molecule has 1 N–H and O–H groups in total. The lowest BCUT2D eigenvalue weighted by atomic mass is 10.1. The number of aromatic amines is 1. The highest BCUT2D eigenvalue weighted by Gasteiger charge is 2.25. The molecule has 0 aromatic carbocycles. The number of carbonyl (C=O) groups is 3. The summed E-state index contributed by atoms with van der Waals surface area (Å²) >= 11 is 0. The van der Waals surface area contributed by atoms with E-state index >= 15 is 0 Å². The minimum atomic E-state index is -1.07. The monoisotopic (exact) mass is 283 g/mol. The predicted octanol–water partition coefficient (Wildman–Crippen LogP) is 2.12. The smallest absolute Gasteiger partial charge is 0.461 e. The predicted molar refractivity (Wildman–Crippen MR) is 68.7 cm³/mol. The van der Waals surface area contributed by atoms with E-state index in [1.54, 1.807) is 27.7 Å². The molecule has 0 unspecified atom stereocenters. The first kappa shape index (κ1) is 15.7. The second kappa shape index (κ2) is 6.74. The van der Waals surface area contributed by atoms with Crippen LogP contribution in [0.3, 0.4) is 0 Å². The molecule has 7 nitrogen and oxygen atoms in total. The van der Waals surface area contributed by atoms with Gasteiger partial charge < -0.3 is 19.2 Å². The normalized spacial score (nSPS) is 10.0. The Kier molecular flexibility index (Phi) is 5.31. The molecule has 0 amide bonds. The second-order valence-electron chi connectivity index (χ2n) is 3.92. The molecule has 0 atom stereocenters. The van der Waals surface area contributed by atoms with Gasteiger partial charge in [0, 0.05) is 5.69 Å². The van der Waals surface area contributed by atoms with Gasteiger partial charge in [-0.1, -0.05) is 0 Å². The fourth-order valence-electron chi connectivity index (χ4n) is 1.74. The number of ether oxygens (including phenoxy) is 3. The van der Waals surface area contributed by atoms with Crippen molar-refractivity contribution in [2.75, 3.05) is 13.2 Å². The van der Waals surface area contributed by atoms with Gasteiger partial charge in [0.15, 0.2) is 0 Å². The number of nitrogens with one attached hydrogen (secondary N) is 1. The van der Waals surface area contributed by atoms with Gasteiger partial charge in [-0.15, -0.1) is 0 Å². The maximum Gasteiger partial charge on any atom is 0.516 e. The molecule has 0 aliphatic rings. The molecule has 1 aromatic heterocycles. The molecule has 0 radical (unpaired) electrons. The summed E-state index contributed by atoms with van der Waals surface area (Å²) in [7, 11) is 0. The Morgan fingerprint density at radius 2 is 1.60 bits per heavy atom. The molecule has 0 spiro atoms. The van der Waals surface area contributed by atoms with Crippen LogP contribution in [0.25, 0.3) is 0 Å². The van der Waals surface area contributed by atoms with Crippen LogP contribution in [0.5, 0.6) is 0 Å². The van der Waals surface area contributed by atoms with Crippen LogP contribution in [0.1, 0.15) is 46.0 Å². The number of aryl methyl sites for hydroxylation is 1. The quantitative estimate of drug-likeness (QED) is 0.671. The van der Waals surface area contributed by atoms with Crippen LogP contribution in [-0.4, -0.2) is 36.3 Å². The first-order chi connectivity index (χ1) is 9.42. The Balaban J connectivity index is 2.99. The van der Waals surface area contributed by atoms with Gasteiger partial charge in [-0.2, -0.15) is 0 Å². The van der Waals surface area contributed by atoms with Crippen molar-refractivity contribution in [1.29, 1.82) is 0 Å². The van der Waals surface area contributed by atoms with Gasteiger partial charge in [0.05, 0.1) is 18.8 Å². The highest BCUT2D eigenvalue weighted by atomic mass is 16.7. The molecule has 7 heteroatoms. The third kappa shape index (κ3) is 3.37. The van der Waals surface area contributed by atoms with E-state index in [1.807, 2.05) is 0 Å². The van der Waals surface area contributed by atoms with Crippen molar-refractivity contribution in [2.24, 2.45) is 0 Å². The van der Waals surface area contributed by atoms with Gasteiger partial charge >= 0.3 is 18.1 Å². The number of H-pyrrole nitrogens is 1. The number of hydrogen-bond acceptors (Lipinski definition) is 6. The lowest BCUT2D eigenvalue weighted by molar-refractivity contribution is 0.0400. The minimum Gasteiger partial charge on any atom is -0.461 e. The van der Waals surface area contributed by atoms with E-state index in [-0.39, 0.29) is 24.5 Å². The largest absolute Gasteiger partial charge is 0.516 e. The molecule has 1 aromatic rings. The highest BCUT2D eigenvalue weighted by molar-refractivity contribution is 6.01. The van der Waals surface area contributed by atoms with Gasteiger partial charge in [0.1, 0.15) is 5.69 Å². The van der Waals surface area contributed by atoms with Gasteiger partial charge in [0.25, 0.3) is 0 Å². The fraction of sp³-hybridized carbons (Fsp3) is 0.462. The fourth-order valence-corrected chi connectivity index (χ4v) is 1.74. The molecule has 0 saturated heterocycles. The van der Waals surface area contributed by atoms with E-state index in [1.165, 1.54) is 0 Å². The van der Waals surface area contributed by atoms with E-state index in [0.717, 1.165) is 0 Å². The van der Waals surface area contributed by atoms with Crippen LogP contribution in [0.2, 0.25) is 0 Å². The topological polar surface area (TPSA) is 94.7 Å². The van der Waals surface area contributed by atoms with Crippen molar-refractivity contribution in [1.82, 2.24) is 4.98 Å². The zero-order valence-electron chi connectivity index (χ0n) is 11.9. The van der Waals surface area contributed by atoms with Crippen molar-refractivity contribution in [3.8, 4) is 0 Å². The van der Waals surface area contributed by atoms with Crippen LogP contribution < -0.4 is 0 Å². The summed E-state index contributed by atoms with van der Waals surface area (Å²) in [5.41, 5.74) is 1.08. The molecular weight excluding hydrogens is 266 g/mol. The summed E-state index contributed by atoms with van der Waals surface area (Å²) in [5.74, 6) is -1.44. The summed E-state index contributed by atoms with van der Waals surface area (Å²) in [6.07, 6.45) is -1.07. The van der Waals surface area contributed by atoms with Gasteiger partial charge in [0.2, 0.25) is 0 Å². The van der Waals surface area contributed by atoms with E-state index in [2.05, 4.69) is 14.5 Å². The minimum absolute atomic E-state index is 0.102. The van der Waals surface area contributed by atoms with Crippen LogP contribution in [-0.2, 0) is 14.2 Å². The van der Waals surface area contributed by atoms with Crippen molar-refractivity contribution in [2.45, 2.75) is 27.7 Å². The first-order valence-electron chi connectivity index (χ1n) is 6.17. The van der Waals surface area contributed by atoms with Crippen molar-refractivity contribution < 1.29 is 28.6 Å². The van der Waals surface area contributed by atoms with Crippen molar-refractivity contribution >= 4 is 18.1 Å². The first-order valence-corrected chi connectivity index (χ1v) is 6.17. The van der Waals surface area contributed by atoms with Gasteiger partial charge in [-0.25, -0.2) is 14.4 Å². The number of aromatic nitrogens is 1. The number of esters is 2. The molecular formula is C13H17NO6. The average Bonchev–Trinajstić information content (AvgIpc) is 2.65. The number of carbonyl (C=O) groups excluding carboxylic acids is 3. The molecule has 0 fully saturated rings. The maximum absolute atomic E-state index is 11.9. The van der Waals surface area contributed by atoms with Crippen molar-refractivity contribution in [3.63, 3.8) is 0 Å². The molecule has 0 aliphatic heterocycles. The molecule has 1 heterocycles. The van der Waals surface area contributed by atoms with Crippen LogP contribution in [0.4, 0.5) is 4.79 Å². The lowest BCUT2D eigenvalue weighted by Crippen LogP contribution is -2.15. The summed E-state index contributed by atoms with van der Waals surface area (Å²) in [6, 6.07) is 0. The van der Waals surface area contributed by atoms with E-state index in [0.29, 0.717) is 11.3 Å². The van der Waals surface area contributed by atoms with E-state index < -0.39 is 18.1 Å². The summed E-state index contributed by atoms with van der Waals surface area (Å²) in [6.45, 7) is 6.76. The molecule has 0 bridgehead atoms. The Morgan fingerprint density at radius 1 is 1.00 bits per heavy atom. The van der Waals surface area contributed by atoms with Crippen LogP contribution in [0, 0.1) is 13.8 Å². The molecule has 1 rings (SSSR count). The Hall–Kier alpha value is -2.31. The highest BCUT2D eigenvalue weighted by Crippen LogP contribution is 2.20. The standard InChI is InChI=1S/C13H17NO6/c1-5-18-12(16)10-7(3)9(8(4)14-10)11(15)20-13(17)19-6-2/h14H,5-6H2,1-4H3. The van der Waals surface area contributed by atoms with Crippen LogP contribution >= 0.6 is 0 Å². The van der Waals surface area contributed by atoms with Gasteiger partial charge in [-0.05, 0) is 33.3 Å². The SMILES string of the molecule is CCOC(=O)OC(=O)c1c(C)[nH]c(C(=O)OCC)c1C. The molecule has 20 heavy (non-hydrogen) atoms. The number of hydrogen-bond donors (Lipinski definition) is 1. The summed E-state index contributed by atoms with van der Waals surface area (Å²) < 4.78 is 13.9. The third-order valence-corrected chi connectivity index (χ3v) is 2.56. The Morgan fingerprint density at radius 3 is 2.15 bits per heavy atom. The number of rotatable bonds is 4.